The molecule has 5 nitrogen and oxygen atoms in total. The first-order valence-electron chi connectivity index (χ1n) is 6.77. The van der Waals surface area contributed by atoms with Gasteiger partial charge < -0.3 is 14.9 Å². The van der Waals surface area contributed by atoms with Crippen molar-refractivity contribution in [2.75, 3.05) is 32.7 Å². The lowest BCUT2D eigenvalue weighted by Gasteiger charge is -2.26. The van der Waals surface area contributed by atoms with Crippen molar-refractivity contribution in [3.05, 3.63) is 0 Å². The molecule has 0 aromatic carbocycles. The molecule has 0 aliphatic carbocycles. The highest BCUT2D eigenvalue weighted by atomic mass is 16.4. The molecule has 106 valence electrons. The van der Waals surface area contributed by atoms with E-state index in [1.165, 1.54) is 0 Å². The van der Waals surface area contributed by atoms with Gasteiger partial charge in [0.05, 0.1) is 6.42 Å². The zero-order valence-electron chi connectivity index (χ0n) is 11.8. The highest BCUT2D eigenvalue weighted by molar-refractivity contribution is 5.77. The van der Waals surface area contributed by atoms with Gasteiger partial charge in [-0.2, -0.15) is 0 Å². The molecule has 0 aromatic heterocycles. The van der Waals surface area contributed by atoms with Crippen LogP contribution in [0.5, 0.6) is 0 Å². The predicted molar refractivity (Wildman–Crippen MR) is 71.5 cm³/mol. The van der Waals surface area contributed by atoms with Crippen LogP contribution in [0.2, 0.25) is 0 Å². The van der Waals surface area contributed by atoms with E-state index in [9.17, 15) is 9.59 Å². The largest absolute Gasteiger partial charge is 0.481 e. The Morgan fingerprint density at radius 3 is 2.00 bits per heavy atom. The van der Waals surface area contributed by atoms with E-state index in [1.807, 2.05) is 6.92 Å². The third-order valence-electron chi connectivity index (χ3n) is 2.99. The molecule has 0 unspecified atom stereocenters. The minimum atomic E-state index is -0.855. The molecule has 18 heavy (non-hydrogen) atoms. The van der Waals surface area contributed by atoms with Crippen LogP contribution in [0.25, 0.3) is 0 Å². The monoisotopic (exact) mass is 258 g/mol. The van der Waals surface area contributed by atoms with Crippen LogP contribution in [0.15, 0.2) is 0 Å². The summed E-state index contributed by atoms with van der Waals surface area (Å²) >= 11 is 0. The molecule has 5 heteroatoms. The van der Waals surface area contributed by atoms with Crippen LogP contribution >= 0.6 is 0 Å². The van der Waals surface area contributed by atoms with Crippen molar-refractivity contribution < 1.29 is 14.7 Å². The lowest BCUT2D eigenvalue weighted by molar-refractivity contribution is -0.138. The second-order valence-electron chi connectivity index (χ2n) is 4.30. The van der Waals surface area contributed by atoms with Gasteiger partial charge in [-0.3, -0.25) is 9.59 Å². The lowest BCUT2D eigenvalue weighted by Crippen LogP contribution is -2.39. The Morgan fingerprint density at radius 1 is 0.944 bits per heavy atom. The van der Waals surface area contributed by atoms with Crippen LogP contribution in [0, 0.1) is 0 Å². The quantitative estimate of drug-likeness (QED) is 0.644. The second kappa shape index (κ2) is 9.88. The Morgan fingerprint density at radius 2 is 1.56 bits per heavy atom. The average Bonchev–Trinajstić information content (AvgIpc) is 2.33. The van der Waals surface area contributed by atoms with Crippen molar-refractivity contribution in [1.29, 1.82) is 0 Å². The molecular weight excluding hydrogens is 232 g/mol. The molecule has 1 N–H and O–H groups in total. The number of nitrogens with zero attached hydrogens (tertiary/aromatic N) is 2. The van der Waals surface area contributed by atoms with Gasteiger partial charge in [0, 0.05) is 26.1 Å². The third-order valence-corrected chi connectivity index (χ3v) is 2.99. The molecule has 0 atom stereocenters. The summed E-state index contributed by atoms with van der Waals surface area (Å²) in [6, 6.07) is 0. The summed E-state index contributed by atoms with van der Waals surface area (Å²) in [6.07, 6.45) is 1.32. The molecule has 0 bridgehead atoms. The number of hydrogen-bond donors (Lipinski definition) is 1. The predicted octanol–water partition coefficient (Wildman–Crippen LogP) is 1.43. The Balaban J connectivity index is 4.27. The molecule has 0 aliphatic rings. The summed E-state index contributed by atoms with van der Waals surface area (Å²) < 4.78 is 0. The van der Waals surface area contributed by atoms with Gasteiger partial charge in [0.15, 0.2) is 0 Å². The fraction of sp³-hybridized carbons (Fsp3) is 0.846. The second-order valence-corrected chi connectivity index (χ2v) is 4.30. The first-order valence-corrected chi connectivity index (χ1v) is 6.77. The minimum absolute atomic E-state index is 0.0215. The van der Waals surface area contributed by atoms with E-state index in [0.717, 1.165) is 26.1 Å². The highest BCUT2D eigenvalue weighted by Gasteiger charge is 2.14. The summed E-state index contributed by atoms with van der Waals surface area (Å²) in [5.74, 6) is -0.793. The summed E-state index contributed by atoms with van der Waals surface area (Å²) in [4.78, 5) is 26.4. The number of carbonyl (C=O) groups is 2. The van der Waals surface area contributed by atoms with Crippen molar-refractivity contribution in [3.8, 4) is 0 Å². The van der Waals surface area contributed by atoms with Crippen LogP contribution in [-0.2, 0) is 9.59 Å². The van der Waals surface area contributed by atoms with Gasteiger partial charge in [-0.25, -0.2) is 0 Å². The van der Waals surface area contributed by atoms with Crippen molar-refractivity contribution in [2.24, 2.45) is 0 Å². The van der Waals surface area contributed by atoms with E-state index < -0.39 is 5.97 Å². The first-order chi connectivity index (χ1) is 8.54. The molecule has 0 rings (SSSR count). The maximum absolute atomic E-state index is 11.9. The van der Waals surface area contributed by atoms with Crippen LogP contribution < -0.4 is 0 Å². The van der Waals surface area contributed by atoms with E-state index >= 15 is 0 Å². The fourth-order valence-corrected chi connectivity index (χ4v) is 1.77. The number of rotatable bonds is 10. The molecule has 1 amide bonds. The molecule has 0 saturated heterocycles. The number of likely N-dealkylation sites (N-methyl/N-ethyl adjacent to an activating group) is 1. The molecule has 0 aliphatic heterocycles. The normalized spacial score (nSPS) is 10.7. The van der Waals surface area contributed by atoms with Gasteiger partial charge >= 0.3 is 5.97 Å². The van der Waals surface area contributed by atoms with E-state index in [2.05, 4.69) is 18.7 Å². The van der Waals surface area contributed by atoms with Crippen molar-refractivity contribution >= 4 is 11.9 Å². The molecule has 0 aromatic rings. The zero-order valence-corrected chi connectivity index (χ0v) is 11.8. The topological polar surface area (TPSA) is 60.9 Å². The van der Waals surface area contributed by atoms with Crippen LogP contribution in [0.3, 0.4) is 0 Å². The highest BCUT2D eigenvalue weighted by Crippen LogP contribution is 2.01. The SMILES string of the molecule is CCCC(=O)N(CCC(=O)O)CCN(CC)CC. The molecule has 0 fully saturated rings. The molecular formula is C13H26N2O3. The molecule has 0 spiro atoms. The number of carbonyl (C=O) groups excluding carboxylic acids is 1. The standard InChI is InChI=1S/C13H26N2O3/c1-4-7-12(16)15(9-8-13(17)18)11-10-14(5-2)6-3/h4-11H2,1-3H3,(H,17,18). The maximum Gasteiger partial charge on any atom is 0.305 e. The number of carboxylic acid groups (broad SMARTS) is 1. The number of aliphatic carboxylic acids is 1. The Hall–Kier alpha value is -1.10. The summed E-state index contributed by atoms with van der Waals surface area (Å²) in [5.41, 5.74) is 0. The van der Waals surface area contributed by atoms with Crippen molar-refractivity contribution in [3.63, 3.8) is 0 Å². The summed E-state index contributed by atoms with van der Waals surface area (Å²) in [6.45, 7) is 9.76. The minimum Gasteiger partial charge on any atom is -0.481 e. The van der Waals surface area contributed by atoms with Gasteiger partial charge in [-0.05, 0) is 19.5 Å². The number of hydrogen-bond acceptors (Lipinski definition) is 3. The van der Waals surface area contributed by atoms with Crippen LogP contribution in [0.4, 0.5) is 0 Å². The molecule has 0 radical (unpaired) electrons. The maximum atomic E-state index is 11.9. The molecule has 0 saturated carbocycles. The van der Waals surface area contributed by atoms with Crippen molar-refractivity contribution in [2.45, 2.75) is 40.0 Å². The summed E-state index contributed by atoms with van der Waals surface area (Å²) in [5, 5.41) is 8.70. The van der Waals surface area contributed by atoms with Crippen LogP contribution in [-0.4, -0.2) is 59.5 Å². The Labute approximate surface area is 110 Å². The smallest absolute Gasteiger partial charge is 0.305 e. The van der Waals surface area contributed by atoms with Gasteiger partial charge in [-0.1, -0.05) is 20.8 Å². The Kier molecular flexibility index (Phi) is 9.28. The number of carboxylic acids is 1. The van der Waals surface area contributed by atoms with Gasteiger partial charge in [0.1, 0.15) is 0 Å². The fourth-order valence-electron chi connectivity index (χ4n) is 1.77. The average molecular weight is 258 g/mol. The third kappa shape index (κ3) is 7.27. The van der Waals surface area contributed by atoms with Gasteiger partial charge in [0.25, 0.3) is 0 Å². The van der Waals surface area contributed by atoms with Crippen LogP contribution in [0.1, 0.15) is 40.0 Å². The molecule has 0 heterocycles. The van der Waals surface area contributed by atoms with E-state index in [1.54, 1.807) is 4.90 Å². The zero-order chi connectivity index (χ0) is 14.0. The first kappa shape index (κ1) is 16.9. The summed E-state index contributed by atoms with van der Waals surface area (Å²) in [7, 11) is 0. The van der Waals surface area contributed by atoms with Gasteiger partial charge in [-0.15, -0.1) is 0 Å². The number of amides is 1. The lowest BCUT2D eigenvalue weighted by atomic mass is 10.2. The van der Waals surface area contributed by atoms with Gasteiger partial charge in [0.2, 0.25) is 5.91 Å². The van der Waals surface area contributed by atoms with E-state index in [0.29, 0.717) is 19.5 Å². The Bertz CT molecular complexity index is 253. The van der Waals surface area contributed by atoms with E-state index in [4.69, 9.17) is 5.11 Å². The van der Waals surface area contributed by atoms with E-state index in [-0.39, 0.29) is 12.3 Å². The van der Waals surface area contributed by atoms with Crippen molar-refractivity contribution in [1.82, 2.24) is 9.80 Å².